The smallest absolute Gasteiger partial charge is 0.220 e. The Morgan fingerprint density at radius 3 is 2.75 bits per heavy atom. The highest BCUT2D eigenvalue weighted by Crippen LogP contribution is 1.92. The van der Waals surface area contributed by atoms with Crippen LogP contribution in [0.5, 0.6) is 0 Å². The monoisotopic (exact) mass is 113 g/mol. The molecule has 3 nitrogen and oxygen atoms in total. The Hall–Kier alpha value is -0.570. The highest BCUT2D eigenvalue weighted by molar-refractivity contribution is 5.73. The number of hydrogen-bond donors (Lipinski definition) is 0. The van der Waals surface area contributed by atoms with Gasteiger partial charge in [-0.25, -0.2) is 5.32 Å². The van der Waals surface area contributed by atoms with E-state index in [4.69, 9.17) is 0 Å². The van der Waals surface area contributed by atoms with Crippen LogP contribution in [0.1, 0.15) is 6.92 Å². The van der Waals surface area contributed by atoms with Gasteiger partial charge in [0.1, 0.15) is 0 Å². The van der Waals surface area contributed by atoms with E-state index in [2.05, 4.69) is 5.32 Å². The van der Waals surface area contributed by atoms with Crippen LogP contribution in [0.25, 0.3) is 0 Å². The zero-order valence-corrected chi connectivity index (χ0v) is 4.92. The van der Waals surface area contributed by atoms with Crippen LogP contribution in [0, 0.1) is 0 Å². The molecule has 0 aliphatic carbocycles. The molecule has 3 heteroatoms. The molecule has 0 N–H and O–H groups in total. The van der Waals surface area contributed by atoms with Gasteiger partial charge in [0.25, 0.3) is 0 Å². The maximum atomic E-state index is 10.5. The van der Waals surface area contributed by atoms with Crippen molar-refractivity contribution in [1.29, 1.82) is 0 Å². The third-order valence-electron chi connectivity index (χ3n) is 1.24. The van der Waals surface area contributed by atoms with Crippen molar-refractivity contribution >= 4 is 5.91 Å². The van der Waals surface area contributed by atoms with Crippen LogP contribution in [0.2, 0.25) is 0 Å². The first-order valence-corrected chi connectivity index (χ1v) is 2.69. The lowest BCUT2D eigenvalue weighted by Gasteiger charge is -2.08. The fourth-order valence-corrected chi connectivity index (χ4v) is 0.711. The Kier molecular flexibility index (Phi) is 1.48. The molecule has 45 valence electrons. The van der Waals surface area contributed by atoms with Gasteiger partial charge in [-0.2, -0.15) is 0 Å². The molecule has 1 saturated heterocycles. The van der Waals surface area contributed by atoms with Crippen LogP contribution in [0.4, 0.5) is 0 Å². The number of carbonyl (C=O) groups is 1. The van der Waals surface area contributed by atoms with Crippen LogP contribution in [0.15, 0.2) is 0 Å². The Morgan fingerprint density at radius 1 is 1.75 bits per heavy atom. The standard InChI is InChI=1S/C5H9N2O/c1-5(8)7-3-2-6-4-7/h2-4H2,1H3. The molecule has 0 aromatic rings. The van der Waals surface area contributed by atoms with Gasteiger partial charge in [-0.3, -0.25) is 4.79 Å². The number of nitrogens with zero attached hydrogens (tertiary/aromatic N) is 2. The average molecular weight is 113 g/mol. The van der Waals surface area contributed by atoms with E-state index in [1.165, 1.54) is 0 Å². The van der Waals surface area contributed by atoms with Gasteiger partial charge in [0, 0.05) is 20.0 Å². The molecule has 1 aliphatic heterocycles. The molecule has 8 heavy (non-hydrogen) atoms. The number of hydrogen-bond acceptors (Lipinski definition) is 1. The lowest BCUT2D eigenvalue weighted by atomic mass is 10.6. The van der Waals surface area contributed by atoms with E-state index in [0.717, 1.165) is 13.1 Å². The molecule has 0 spiro atoms. The second-order valence-corrected chi connectivity index (χ2v) is 1.87. The SMILES string of the molecule is CC(=O)N1CC[N]C1. The molecule has 0 saturated carbocycles. The Labute approximate surface area is 48.7 Å². The maximum absolute atomic E-state index is 10.5. The van der Waals surface area contributed by atoms with Crippen LogP contribution < -0.4 is 5.32 Å². The van der Waals surface area contributed by atoms with Gasteiger partial charge in [0.2, 0.25) is 5.91 Å². The van der Waals surface area contributed by atoms with Crippen molar-refractivity contribution in [2.45, 2.75) is 6.92 Å². The van der Waals surface area contributed by atoms with Crippen LogP contribution in [-0.2, 0) is 4.79 Å². The van der Waals surface area contributed by atoms with Gasteiger partial charge < -0.3 is 4.90 Å². The quantitative estimate of drug-likeness (QED) is 0.413. The summed E-state index contributed by atoms with van der Waals surface area (Å²) in [5.74, 6) is 0.131. The first kappa shape index (κ1) is 5.56. The average Bonchev–Trinajstić information content (AvgIpc) is 2.12. The van der Waals surface area contributed by atoms with Crippen LogP contribution >= 0.6 is 0 Å². The van der Waals surface area contributed by atoms with E-state index < -0.39 is 0 Å². The van der Waals surface area contributed by atoms with Crippen molar-refractivity contribution in [1.82, 2.24) is 10.2 Å². The molecule has 0 aromatic carbocycles. The second kappa shape index (κ2) is 2.13. The minimum atomic E-state index is 0.131. The fraction of sp³-hybridized carbons (Fsp3) is 0.800. The fourth-order valence-electron chi connectivity index (χ4n) is 0.711. The minimum absolute atomic E-state index is 0.131. The molecule has 1 aliphatic rings. The highest BCUT2D eigenvalue weighted by Gasteiger charge is 2.12. The van der Waals surface area contributed by atoms with E-state index in [9.17, 15) is 4.79 Å². The van der Waals surface area contributed by atoms with E-state index in [1.807, 2.05) is 0 Å². The molecule has 1 rings (SSSR count). The topological polar surface area (TPSA) is 34.4 Å². The molecular weight excluding hydrogens is 104 g/mol. The van der Waals surface area contributed by atoms with Crippen LogP contribution in [-0.4, -0.2) is 30.6 Å². The van der Waals surface area contributed by atoms with E-state index in [0.29, 0.717) is 6.67 Å². The summed E-state index contributed by atoms with van der Waals surface area (Å²) in [6.45, 7) is 3.81. The van der Waals surface area contributed by atoms with Crippen molar-refractivity contribution in [3.05, 3.63) is 0 Å². The van der Waals surface area contributed by atoms with Gasteiger partial charge in [-0.15, -0.1) is 0 Å². The molecule has 1 fully saturated rings. The van der Waals surface area contributed by atoms with E-state index in [-0.39, 0.29) is 5.91 Å². The summed E-state index contributed by atoms with van der Waals surface area (Å²) < 4.78 is 0. The highest BCUT2D eigenvalue weighted by atomic mass is 16.2. The normalized spacial score (nSPS) is 19.4. The van der Waals surface area contributed by atoms with Gasteiger partial charge in [0.15, 0.2) is 0 Å². The minimum Gasteiger partial charge on any atom is -0.327 e. The summed E-state index contributed by atoms with van der Waals surface area (Å²) in [7, 11) is 0. The zero-order chi connectivity index (χ0) is 5.98. The van der Waals surface area contributed by atoms with E-state index >= 15 is 0 Å². The Balaban J connectivity index is 2.35. The summed E-state index contributed by atoms with van der Waals surface area (Å²) in [5, 5.41) is 3.99. The second-order valence-electron chi connectivity index (χ2n) is 1.87. The molecular formula is C5H9N2O. The lowest BCUT2D eigenvalue weighted by Crippen LogP contribution is -2.25. The number of rotatable bonds is 0. The van der Waals surface area contributed by atoms with Crippen molar-refractivity contribution in [2.24, 2.45) is 0 Å². The molecule has 1 radical (unpaired) electrons. The summed E-state index contributed by atoms with van der Waals surface area (Å²) in [6, 6.07) is 0. The predicted molar refractivity (Wildman–Crippen MR) is 29.3 cm³/mol. The van der Waals surface area contributed by atoms with E-state index in [1.54, 1.807) is 11.8 Å². The van der Waals surface area contributed by atoms with Crippen molar-refractivity contribution in [2.75, 3.05) is 19.8 Å². The predicted octanol–water partition coefficient (Wildman–Crippen LogP) is -0.590. The third kappa shape index (κ3) is 0.980. The van der Waals surface area contributed by atoms with Crippen molar-refractivity contribution < 1.29 is 4.79 Å². The first-order chi connectivity index (χ1) is 3.80. The van der Waals surface area contributed by atoms with Gasteiger partial charge in [-0.05, 0) is 0 Å². The maximum Gasteiger partial charge on any atom is 0.220 e. The number of amides is 1. The third-order valence-corrected chi connectivity index (χ3v) is 1.24. The molecule has 1 heterocycles. The summed E-state index contributed by atoms with van der Waals surface area (Å²) in [4.78, 5) is 12.2. The summed E-state index contributed by atoms with van der Waals surface area (Å²) in [5.41, 5.74) is 0. The van der Waals surface area contributed by atoms with Gasteiger partial charge in [-0.1, -0.05) is 0 Å². The zero-order valence-electron chi connectivity index (χ0n) is 4.92. The molecule has 0 atom stereocenters. The van der Waals surface area contributed by atoms with Crippen LogP contribution in [0.3, 0.4) is 0 Å². The van der Waals surface area contributed by atoms with Gasteiger partial charge >= 0.3 is 0 Å². The Bertz CT molecular complexity index is 96.6. The molecule has 0 aromatic heterocycles. The number of carbonyl (C=O) groups excluding carboxylic acids is 1. The molecule has 0 unspecified atom stereocenters. The first-order valence-electron chi connectivity index (χ1n) is 2.69. The Morgan fingerprint density at radius 2 is 2.50 bits per heavy atom. The largest absolute Gasteiger partial charge is 0.327 e. The summed E-state index contributed by atoms with van der Waals surface area (Å²) in [6.07, 6.45) is 0. The van der Waals surface area contributed by atoms with Gasteiger partial charge in [0.05, 0.1) is 6.67 Å². The molecule has 0 bridgehead atoms. The molecule has 1 amide bonds. The summed E-state index contributed by atoms with van der Waals surface area (Å²) >= 11 is 0. The van der Waals surface area contributed by atoms with Crippen molar-refractivity contribution in [3.8, 4) is 0 Å². The lowest BCUT2D eigenvalue weighted by molar-refractivity contribution is -0.127. The van der Waals surface area contributed by atoms with Crippen molar-refractivity contribution in [3.63, 3.8) is 0 Å².